The molecule has 6 nitrogen and oxygen atoms in total. The van der Waals surface area contributed by atoms with Crippen molar-refractivity contribution in [3.63, 3.8) is 0 Å². The van der Waals surface area contributed by atoms with Crippen LogP contribution in [0.2, 0.25) is 0 Å². The fourth-order valence-corrected chi connectivity index (χ4v) is 3.20. The molecule has 26 heavy (non-hydrogen) atoms. The molecule has 4 rings (SSSR count). The molecule has 0 saturated heterocycles. The first-order valence-corrected chi connectivity index (χ1v) is 8.37. The van der Waals surface area contributed by atoms with Crippen molar-refractivity contribution in [3.8, 4) is 11.5 Å². The molecule has 1 aromatic heterocycles. The standard InChI is InChI=1S/C20H20N4O2/c1-13-7-9-14(10-8-13)16-11-17(24-20(23-16)21-12-22-24)15-5-4-6-18(25-2)19(15)26-3/h4-12,17H,1-3H3,(H,21,22,23)/t17-/m0/s1. The number of aromatic nitrogens is 3. The van der Waals surface area contributed by atoms with Gasteiger partial charge in [-0.2, -0.15) is 10.1 Å². The Labute approximate surface area is 152 Å². The van der Waals surface area contributed by atoms with E-state index in [1.54, 1.807) is 20.5 Å². The van der Waals surface area contributed by atoms with Crippen LogP contribution in [0.4, 0.5) is 5.95 Å². The summed E-state index contributed by atoms with van der Waals surface area (Å²) < 4.78 is 12.9. The van der Waals surface area contributed by atoms with E-state index in [9.17, 15) is 0 Å². The summed E-state index contributed by atoms with van der Waals surface area (Å²) in [5.41, 5.74) is 4.26. The van der Waals surface area contributed by atoms with E-state index in [2.05, 4.69) is 52.7 Å². The minimum atomic E-state index is -0.157. The zero-order valence-corrected chi connectivity index (χ0v) is 14.9. The zero-order valence-electron chi connectivity index (χ0n) is 14.9. The molecule has 0 saturated carbocycles. The lowest BCUT2D eigenvalue weighted by atomic mass is 10.00. The van der Waals surface area contributed by atoms with Gasteiger partial charge in [0.1, 0.15) is 12.4 Å². The lowest BCUT2D eigenvalue weighted by Crippen LogP contribution is -2.20. The fourth-order valence-electron chi connectivity index (χ4n) is 3.20. The monoisotopic (exact) mass is 348 g/mol. The summed E-state index contributed by atoms with van der Waals surface area (Å²) in [6, 6.07) is 14.1. The molecule has 6 heteroatoms. The molecule has 0 spiro atoms. The van der Waals surface area contributed by atoms with Crippen molar-refractivity contribution in [1.29, 1.82) is 0 Å². The van der Waals surface area contributed by atoms with Crippen LogP contribution in [0.3, 0.4) is 0 Å². The van der Waals surface area contributed by atoms with Gasteiger partial charge in [-0.1, -0.05) is 42.0 Å². The number of anilines is 1. The SMILES string of the molecule is COc1cccc([C@@H]2C=C(c3ccc(C)cc3)Nc3ncnn32)c1OC. The third kappa shape index (κ3) is 2.69. The first kappa shape index (κ1) is 16.2. The Morgan fingerprint density at radius 1 is 1.04 bits per heavy atom. The highest BCUT2D eigenvalue weighted by Crippen LogP contribution is 2.40. The van der Waals surface area contributed by atoms with E-state index >= 15 is 0 Å². The number of allylic oxidation sites excluding steroid dienone is 1. The smallest absolute Gasteiger partial charge is 0.226 e. The Morgan fingerprint density at radius 2 is 1.85 bits per heavy atom. The lowest BCUT2D eigenvalue weighted by Gasteiger charge is -2.26. The highest BCUT2D eigenvalue weighted by molar-refractivity contribution is 5.77. The van der Waals surface area contributed by atoms with Gasteiger partial charge in [-0.3, -0.25) is 0 Å². The summed E-state index contributed by atoms with van der Waals surface area (Å²) in [6.07, 6.45) is 3.68. The number of rotatable bonds is 4. The van der Waals surface area contributed by atoms with Crippen LogP contribution in [0, 0.1) is 6.92 Å². The van der Waals surface area contributed by atoms with Crippen LogP contribution in [-0.2, 0) is 0 Å². The molecular formula is C20H20N4O2. The molecular weight excluding hydrogens is 328 g/mol. The summed E-state index contributed by atoms with van der Waals surface area (Å²) in [6.45, 7) is 2.08. The first-order chi connectivity index (χ1) is 12.7. The van der Waals surface area contributed by atoms with Gasteiger partial charge in [-0.15, -0.1) is 0 Å². The maximum atomic E-state index is 5.63. The molecule has 0 unspecified atom stereocenters. The van der Waals surface area contributed by atoms with Gasteiger partial charge in [-0.25, -0.2) is 4.68 Å². The van der Waals surface area contributed by atoms with Crippen LogP contribution >= 0.6 is 0 Å². The molecule has 0 fully saturated rings. The molecule has 3 aromatic rings. The summed E-state index contributed by atoms with van der Waals surface area (Å²) >= 11 is 0. The molecule has 2 heterocycles. The van der Waals surface area contributed by atoms with Crippen LogP contribution in [0.25, 0.3) is 5.70 Å². The fraction of sp³-hybridized carbons (Fsp3) is 0.200. The second-order valence-corrected chi connectivity index (χ2v) is 6.13. The van der Waals surface area contributed by atoms with Crippen LogP contribution in [0.1, 0.15) is 22.7 Å². The van der Waals surface area contributed by atoms with Crippen molar-refractivity contribution in [3.05, 3.63) is 71.6 Å². The van der Waals surface area contributed by atoms with Crippen molar-refractivity contribution in [2.45, 2.75) is 13.0 Å². The second-order valence-electron chi connectivity index (χ2n) is 6.13. The van der Waals surface area contributed by atoms with Crippen LogP contribution < -0.4 is 14.8 Å². The molecule has 0 radical (unpaired) electrons. The molecule has 0 amide bonds. The third-order valence-corrected chi connectivity index (χ3v) is 4.52. The largest absolute Gasteiger partial charge is 0.493 e. The number of aryl methyl sites for hydroxylation is 1. The van der Waals surface area contributed by atoms with Gasteiger partial charge in [0.2, 0.25) is 5.95 Å². The summed E-state index contributed by atoms with van der Waals surface area (Å²) in [5, 5.41) is 7.75. The van der Waals surface area contributed by atoms with Crippen molar-refractivity contribution < 1.29 is 9.47 Å². The highest BCUT2D eigenvalue weighted by atomic mass is 16.5. The number of hydrogen-bond donors (Lipinski definition) is 1. The normalized spacial score (nSPS) is 15.7. The van der Waals surface area contributed by atoms with Crippen molar-refractivity contribution in [1.82, 2.24) is 14.8 Å². The van der Waals surface area contributed by atoms with E-state index in [4.69, 9.17) is 9.47 Å². The average Bonchev–Trinajstić information content (AvgIpc) is 3.15. The number of ether oxygens (including phenoxy) is 2. The minimum Gasteiger partial charge on any atom is -0.493 e. The molecule has 132 valence electrons. The molecule has 1 atom stereocenters. The van der Waals surface area contributed by atoms with E-state index in [1.807, 2.05) is 22.9 Å². The number of fused-ring (bicyclic) bond motifs is 1. The number of benzene rings is 2. The van der Waals surface area contributed by atoms with Gasteiger partial charge >= 0.3 is 0 Å². The van der Waals surface area contributed by atoms with Crippen molar-refractivity contribution in [2.75, 3.05) is 19.5 Å². The molecule has 0 aliphatic carbocycles. The Morgan fingerprint density at radius 3 is 2.58 bits per heavy atom. The average molecular weight is 348 g/mol. The van der Waals surface area contributed by atoms with E-state index < -0.39 is 0 Å². The Kier molecular flexibility index (Phi) is 4.08. The summed E-state index contributed by atoms with van der Waals surface area (Å²) in [7, 11) is 3.29. The minimum absolute atomic E-state index is 0.157. The Balaban J connectivity index is 1.85. The number of nitrogens with one attached hydrogen (secondary N) is 1. The number of methoxy groups -OCH3 is 2. The topological polar surface area (TPSA) is 61.2 Å². The molecule has 0 bridgehead atoms. The van der Waals surface area contributed by atoms with Gasteiger partial charge in [0.25, 0.3) is 0 Å². The Hall–Kier alpha value is -3.28. The van der Waals surface area contributed by atoms with Crippen molar-refractivity contribution >= 4 is 11.6 Å². The van der Waals surface area contributed by atoms with Crippen LogP contribution in [-0.4, -0.2) is 29.0 Å². The maximum absolute atomic E-state index is 5.63. The van der Waals surface area contributed by atoms with Crippen LogP contribution in [0.15, 0.2) is 54.9 Å². The predicted molar refractivity (Wildman–Crippen MR) is 100 cm³/mol. The van der Waals surface area contributed by atoms with Gasteiger partial charge in [-0.05, 0) is 24.6 Å². The van der Waals surface area contributed by atoms with E-state index in [0.29, 0.717) is 17.4 Å². The first-order valence-electron chi connectivity index (χ1n) is 8.37. The lowest BCUT2D eigenvalue weighted by molar-refractivity contribution is 0.349. The van der Waals surface area contributed by atoms with E-state index in [1.165, 1.54) is 5.56 Å². The van der Waals surface area contributed by atoms with Gasteiger partial charge in [0, 0.05) is 11.3 Å². The predicted octanol–water partition coefficient (Wildman–Crippen LogP) is 3.66. The van der Waals surface area contributed by atoms with Crippen molar-refractivity contribution in [2.24, 2.45) is 0 Å². The van der Waals surface area contributed by atoms with Gasteiger partial charge < -0.3 is 14.8 Å². The number of hydrogen-bond acceptors (Lipinski definition) is 5. The van der Waals surface area contributed by atoms with E-state index in [-0.39, 0.29) is 6.04 Å². The van der Waals surface area contributed by atoms with Gasteiger partial charge in [0.15, 0.2) is 11.5 Å². The highest BCUT2D eigenvalue weighted by Gasteiger charge is 2.27. The summed E-state index contributed by atoms with van der Waals surface area (Å²) in [4.78, 5) is 4.35. The van der Waals surface area contributed by atoms with Crippen LogP contribution in [0.5, 0.6) is 11.5 Å². The third-order valence-electron chi connectivity index (χ3n) is 4.52. The molecule has 1 N–H and O–H groups in total. The number of nitrogens with zero attached hydrogens (tertiary/aromatic N) is 3. The second kappa shape index (κ2) is 6.55. The number of para-hydroxylation sites is 1. The van der Waals surface area contributed by atoms with Gasteiger partial charge in [0.05, 0.1) is 14.2 Å². The molecule has 1 aliphatic rings. The quantitative estimate of drug-likeness (QED) is 0.780. The summed E-state index contributed by atoms with van der Waals surface area (Å²) in [5.74, 6) is 2.08. The molecule has 2 aromatic carbocycles. The zero-order chi connectivity index (χ0) is 18.1. The van der Waals surface area contributed by atoms with E-state index in [0.717, 1.165) is 16.8 Å². The maximum Gasteiger partial charge on any atom is 0.226 e. The Bertz CT molecular complexity index is 960. The molecule has 1 aliphatic heterocycles.